The second-order valence-electron chi connectivity index (χ2n) is 7.02. The van der Waals surface area contributed by atoms with Gasteiger partial charge >= 0.3 is 5.69 Å². The first-order valence-corrected chi connectivity index (χ1v) is 9.79. The van der Waals surface area contributed by atoms with Crippen molar-refractivity contribution in [3.05, 3.63) is 105 Å². The van der Waals surface area contributed by atoms with Crippen molar-refractivity contribution in [2.75, 3.05) is 5.01 Å². The Bertz CT molecular complexity index is 1330. The molecule has 1 fully saturated rings. The maximum Gasteiger partial charge on any atom is 0.311 e. The summed E-state index contributed by atoms with van der Waals surface area (Å²) < 4.78 is 5.60. The SMILES string of the molecule is N#Cc1ccccc1COc1ccc(/C=C2/C(=O)NN(c3ccccc3)C2=O)cc1[N+](=O)[O-]. The van der Waals surface area contributed by atoms with E-state index in [9.17, 15) is 25.0 Å². The maximum absolute atomic E-state index is 12.7. The van der Waals surface area contributed by atoms with Crippen LogP contribution >= 0.6 is 0 Å². The number of nitrogens with one attached hydrogen (secondary N) is 1. The Balaban J connectivity index is 1.59. The van der Waals surface area contributed by atoms with Gasteiger partial charge in [0, 0.05) is 11.6 Å². The molecule has 1 heterocycles. The number of nitro benzene ring substituents is 1. The number of hydrogen-bond donors (Lipinski definition) is 1. The molecule has 3 aromatic rings. The van der Waals surface area contributed by atoms with Gasteiger partial charge in [-0.3, -0.25) is 25.1 Å². The summed E-state index contributed by atoms with van der Waals surface area (Å²) >= 11 is 0. The molecule has 0 aromatic heterocycles. The fourth-order valence-electron chi connectivity index (χ4n) is 3.28. The van der Waals surface area contributed by atoms with Gasteiger partial charge in [-0.1, -0.05) is 42.5 Å². The van der Waals surface area contributed by atoms with E-state index in [1.165, 1.54) is 24.3 Å². The standard InChI is InChI=1S/C24H16N4O5/c25-14-17-6-4-5-7-18(17)15-33-22-11-10-16(13-21(22)28(31)32)12-20-23(29)26-27(24(20)30)19-8-2-1-3-9-19/h1-13H,15H2,(H,26,29)/b20-12-. The average Bonchev–Trinajstić information content (AvgIpc) is 3.12. The largest absolute Gasteiger partial charge is 0.482 e. The molecule has 0 atom stereocenters. The van der Waals surface area contributed by atoms with Crippen LogP contribution < -0.4 is 15.2 Å². The molecule has 0 spiro atoms. The van der Waals surface area contributed by atoms with Gasteiger partial charge in [-0.15, -0.1) is 0 Å². The summed E-state index contributed by atoms with van der Waals surface area (Å²) in [5.74, 6) is -1.18. The number of ether oxygens (including phenoxy) is 1. The lowest BCUT2D eigenvalue weighted by atomic mass is 10.1. The van der Waals surface area contributed by atoms with E-state index in [4.69, 9.17) is 4.74 Å². The molecule has 1 saturated heterocycles. The van der Waals surface area contributed by atoms with Gasteiger partial charge in [0.15, 0.2) is 5.75 Å². The molecular weight excluding hydrogens is 424 g/mol. The molecule has 1 N–H and O–H groups in total. The molecule has 2 amide bonds. The lowest BCUT2D eigenvalue weighted by Crippen LogP contribution is -2.35. The van der Waals surface area contributed by atoms with E-state index in [0.717, 1.165) is 5.01 Å². The van der Waals surface area contributed by atoms with Crippen LogP contribution in [0.25, 0.3) is 6.08 Å². The number of hydrogen-bond acceptors (Lipinski definition) is 6. The number of benzene rings is 3. The van der Waals surface area contributed by atoms with Crippen molar-refractivity contribution in [2.45, 2.75) is 6.61 Å². The number of para-hydroxylation sites is 1. The topological polar surface area (TPSA) is 126 Å². The maximum atomic E-state index is 12.7. The molecule has 1 aliphatic rings. The summed E-state index contributed by atoms with van der Waals surface area (Å²) in [7, 11) is 0. The number of nitrogens with zero attached hydrogens (tertiary/aromatic N) is 3. The van der Waals surface area contributed by atoms with Gasteiger partial charge in [-0.2, -0.15) is 5.26 Å². The van der Waals surface area contributed by atoms with Gasteiger partial charge < -0.3 is 4.74 Å². The highest BCUT2D eigenvalue weighted by molar-refractivity contribution is 6.31. The van der Waals surface area contributed by atoms with Crippen molar-refractivity contribution in [3.8, 4) is 11.8 Å². The molecule has 0 aliphatic carbocycles. The Morgan fingerprint density at radius 1 is 1.06 bits per heavy atom. The highest BCUT2D eigenvalue weighted by Gasteiger charge is 2.34. The minimum atomic E-state index is -0.611. The molecule has 9 nitrogen and oxygen atoms in total. The molecule has 0 radical (unpaired) electrons. The van der Waals surface area contributed by atoms with Crippen molar-refractivity contribution < 1.29 is 19.2 Å². The van der Waals surface area contributed by atoms with E-state index in [-0.39, 0.29) is 23.6 Å². The second kappa shape index (κ2) is 9.03. The predicted molar refractivity (Wildman–Crippen MR) is 119 cm³/mol. The first-order chi connectivity index (χ1) is 16.0. The minimum absolute atomic E-state index is 0.00278. The Hall–Kier alpha value is -4.97. The van der Waals surface area contributed by atoms with Crippen LogP contribution in [0.5, 0.6) is 5.75 Å². The summed E-state index contributed by atoms with van der Waals surface area (Å²) in [5, 5.41) is 21.9. The number of rotatable bonds is 6. The molecule has 0 unspecified atom stereocenters. The van der Waals surface area contributed by atoms with E-state index in [0.29, 0.717) is 22.4 Å². The highest BCUT2D eigenvalue weighted by atomic mass is 16.6. The monoisotopic (exact) mass is 440 g/mol. The van der Waals surface area contributed by atoms with Crippen LogP contribution in [-0.2, 0) is 16.2 Å². The summed E-state index contributed by atoms with van der Waals surface area (Å²) in [6, 6.07) is 21.5. The quantitative estimate of drug-likeness (QED) is 0.271. The number of carbonyl (C=O) groups excluding carboxylic acids is 2. The normalized spacial score (nSPS) is 14.2. The Morgan fingerprint density at radius 3 is 2.52 bits per heavy atom. The van der Waals surface area contributed by atoms with E-state index in [1.807, 2.05) is 6.07 Å². The van der Waals surface area contributed by atoms with Crippen LogP contribution in [0.2, 0.25) is 0 Å². The number of carbonyl (C=O) groups is 2. The molecule has 9 heteroatoms. The fourth-order valence-corrected chi connectivity index (χ4v) is 3.28. The molecule has 3 aromatic carbocycles. The van der Waals surface area contributed by atoms with Gasteiger partial charge in [-0.05, 0) is 35.9 Å². The Labute approximate surface area is 188 Å². The first kappa shape index (κ1) is 21.3. The predicted octanol–water partition coefficient (Wildman–Crippen LogP) is 3.51. The fraction of sp³-hybridized carbons (Fsp3) is 0.0417. The summed E-state index contributed by atoms with van der Waals surface area (Å²) in [6.45, 7) is -0.0298. The summed E-state index contributed by atoms with van der Waals surface area (Å²) in [5.41, 5.74) is 3.79. The van der Waals surface area contributed by atoms with Crippen LogP contribution in [0.15, 0.2) is 78.4 Å². The van der Waals surface area contributed by atoms with Gasteiger partial charge in [0.25, 0.3) is 11.8 Å². The molecule has 1 aliphatic heterocycles. The van der Waals surface area contributed by atoms with Crippen LogP contribution in [0.1, 0.15) is 16.7 Å². The van der Waals surface area contributed by atoms with Crippen molar-refractivity contribution in [2.24, 2.45) is 0 Å². The van der Waals surface area contributed by atoms with Gasteiger partial charge in [0.2, 0.25) is 0 Å². The van der Waals surface area contributed by atoms with Crippen LogP contribution in [0.3, 0.4) is 0 Å². The average molecular weight is 440 g/mol. The minimum Gasteiger partial charge on any atom is -0.482 e. The van der Waals surface area contributed by atoms with Crippen LogP contribution in [0.4, 0.5) is 11.4 Å². The number of anilines is 1. The van der Waals surface area contributed by atoms with E-state index >= 15 is 0 Å². The third-order valence-corrected chi connectivity index (χ3v) is 4.92. The Morgan fingerprint density at radius 2 is 1.79 bits per heavy atom. The van der Waals surface area contributed by atoms with E-state index in [2.05, 4.69) is 5.43 Å². The first-order valence-electron chi connectivity index (χ1n) is 9.79. The van der Waals surface area contributed by atoms with Crippen LogP contribution in [0, 0.1) is 21.4 Å². The summed E-state index contributed by atoms with van der Waals surface area (Å²) in [6.07, 6.45) is 1.29. The lowest BCUT2D eigenvalue weighted by molar-refractivity contribution is -0.386. The van der Waals surface area contributed by atoms with Crippen LogP contribution in [-0.4, -0.2) is 16.7 Å². The van der Waals surface area contributed by atoms with Gasteiger partial charge in [0.05, 0.1) is 22.2 Å². The Kier molecular flexibility index (Phi) is 5.82. The molecule has 0 bridgehead atoms. The third-order valence-electron chi connectivity index (χ3n) is 4.92. The molecular formula is C24H16N4O5. The van der Waals surface area contributed by atoms with Gasteiger partial charge in [0.1, 0.15) is 12.2 Å². The number of hydrazine groups is 1. The van der Waals surface area contributed by atoms with Crippen molar-refractivity contribution in [1.29, 1.82) is 5.26 Å². The van der Waals surface area contributed by atoms with Gasteiger partial charge in [-0.25, -0.2) is 5.01 Å². The second-order valence-corrected chi connectivity index (χ2v) is 7.02. The molecule has 0 saturated carbocycles. The zero-order valence-corrected chi connectivity index (χ0v) is 17.1. The lowest BCUT2D eigenvalue weighted by Gasteiger charge is -2.13. The van der Waals surface area contributed by atoms with Crippen molar-refractivity contribution in [3.63, 3.8) is 0 Å². The van der Waals surface area contributed by atoms with Crippen molar-refractivity contribution >= 4 is 29.3 Å². The highest BCUT2D eigenvalue weighted by Crippen LogP contribution is 2.30. The zero-order valence-electron chi connectivity index (χ0n) is 17.1. The van der Waals surface area contributed by atoms with E-state index < -0.39 is 16.7 Å². The smallest absolute Gasteiger partial charge is 0.311 e. The molecule has 33 heavy (non-hydrogen) atoms. The number of nitriles is 1. The number of amides is 2. The number of nitro groups is 1. The zero-order chi connectivity index (χ0) is 23.4. The van der Waals surface area contributed by atoms with Crippen molar-refractivity contribution in [1.82, 2.24) is 5.43 Å². The molecule has 4 rings (SSSR count). The van der Waals surface area contributed by atoms with E-state index in [1.54, 1.807) is 54.6 Å². The summed E-state index contributed by atoms with van der Waals surface area (Å²) in [4.78, 5) is 36.1. The third kappa shape index (κ3) is 4.40. The molecule has 162 valence electrons.